The number of halogens is 5. The zero-order chi connectivity index (χ0) is 33.5. The molecule has 0 spiro atoms. The molecule has 2 heterocycles. The first-order valence-electron chi connectivity index (χ1n) is 14.4. The van der Waals surface area contributed by atoms with E-state index in [1.165, 1.54) is 4.90 Å². The smallest absolute Gasteiger partial charge is 0.444 e. The Morgan fingerprint density at radius 1 is 1.02 bits per heavy atom. The number of aromatic amines is 1. The van der Waals surface area contributed by atoms with Gasteiger partial charge in [-0.15, -0.1) is 13.2 Å². The number of nitrogens with two attached hydrogens (primary N) is 1. The van der Waals surface area contributed by atoms with E-state index < -0.39 is 35.4 Å². The summed E-state index contributed by atoms with van der Waals surface area (Å²) in [6.07, 6.45) is -1.63. The van der Waals surface area contributed by atoms with Crippen molar-refractivity contribution < 1.29 is 41.0 Å². The van der Waals surface area contributed by atoms with Gasteiger partial charge in [0, 0.05) is 43.5 Å². The van der Waals surface area contributed by atoms with E-state index in [0.717, 1.165) is 27.7 Å². The minimum atomic E-state index is -5.27. The Balaban J connectivity index is 1.28. The van der Waals surface area contributed by atoms with Crippen molar-refractivity contribution in [3.8, 4) is 16.9 Å². The van der Waals surface area contributed by atoms with Gasteiger partial charge in [-0.05, 0) is 86.7 Å². The van der Waals surface area contributed by atoms with Gasteiger partial charge in [0.05, 0.1) is 18.3 Å². The Bertz CT molecular complexity index is 1620. The normalized spacial score (nSPS) is 11.9. The topological polar surface area (TPSA) is 128 Å². The number of carbonyl (C=O) groups excluding carboxylic acids is 1. The fraction of sp³-hybridized carbons (Fsp3) is 0.387. The molecule has 2 aromatic heterocycles. The molecular formula is C31H35F5N6O4. The number of H-pyrrole nitrogens is 1. The van der Waals surface area contributed by atoms with Crippen molar-refractivity contribution in [1.29, 1.82) is 0 Å². The second-order valence-electron chi connectivity index (χ2n) is 11.4. The summed E-state index contributed by atoms with van der Waals surface area (Å²) in [4.78, 5) is 18.1. The molecular weight excluding hydrogens is 615 g/mol. The van der Waals surface area contributed by atoms with Gasteiger partial charge in [-0.1, -0.05) is 0 Å². The third-order valence-electron chi connectivity index (χ3n) is 6.50. The molecule has 1 amide bonds. The zero-order valence-electron chi connectivity index (χ0n) is 25.5. The monoisotopic (exact) mass is 650 g/mol. The Kier molecular flexibility index (Phi) is 10.9. The summed E-state index contributed by atoms with van der Waals surface area (Å²) in [5, 5.41) is 11.4. The van der Waals surface area contributed by atoms with Crippen LogP contribution in [-0.4, -0.2) is 64.4 Å². The molecule has 0 saturated heterocycles. The number of hydrogen-bond donors (Lipinski definition) is 3. The Morgan fingerprint density at radius 3 is 2.43 bits per heavy atom. The Morgan fingerprint density at radius 2 is 1.76 bits per heavy atom. The third kappa shape index (κ3) is 9.92. The lowest BCUT2D eigenvalue weighted by atomic mass is 10.0. The maximum absolute atomic E-state index is 14.3. The van der Waals surface area contributed by atoms with Crippen LogP contribution in [-0.2, 0) is 16.0 Å². The molecule has 0 aliphatic heterocycles. The third-order valence-corrected chi connectivity index (χ3v) is 6.50. The molecule has 0 bridgehead atoms. The van der Waals surface area contributed by atoms with Crippen LogP contribution in [0.25, 0.3) is 22.0 Å². The number of amides is 1. The van der Waals surface area contributed by atoms with Crippen LogP contribution >= 0.6 is 0 Å². The average molecular weight is 651 g/mol. The van der Waals surface area contributed by atoms with Gasteiger partial charge >= 0.3 is 12.5 Å². The zero-order valence-corrected chi connectivity index (χ0v) is 25.5. The van der Waals surface area contributed by atoms with Gasteiger partial charge in [0.25, 0.3) is 0 Å². The summed E-state index contributed by atoms with van der Waals surface area (Å²) < 4.78 is 80.7. The maximum Gasteiger partial charge on any atom is 0.573 e. The van der Waals surface area contributed by atoms with E-state index in [9.17, 15) is 26.7 Å². The molecule has 0 fully saturated rings. The summed E-state index contributed by atoms with van der Waals surface area (Å²) in [6, 6.07) is 9.00. The van der Waals surface area contributed by atoms with Crippen molar-refractivity contribution in [2.45, 2.75) is 52.1 Å². The van der Waals surface area contributed by atoms with Crippen LogP contribution < -0.4 is 15.8 Å². The van der Waals surface area contributed by atoms with E-state index in [4.69, 9.17) is 15.2 Å². The molecule has 0 atom stereocenters. The number of alkyl halides is 3. The van der Waals surface area contributed by atoms with E-state index in [0.29, 0.717) is 50.6 Å². The number of ether oxygens (including phenoxy) is 3. The highest BCUT2D eigenvalue weighted by Crippen LogP contribution is 2.31. The van der Waals surface area contributed by atoms with Gasteiger partial charge in [0.1, 0.15) is 11.4 Å². The first-order chi connectivity index (χ1) is 21.7. The van der Waals surface area contributed by atoms with Crippen molar-refractivity contribution in [2.75, 3.05) is 37.4 Å². The summed E-state index contributed by atoms with van der Waals surface area (Å²) in [7, 11) is 0. The van der Waals surface area contributed by atoms with Crippen LogP contribution in [0.15, 0.2) is 48.8 Å². The average Bonchev–Trinajstić information content (AvgIpc) is 3.43. The van der Waals surface area contributed by atoms with Gasteiger partial charge in [-0.25, -0.2) is 18.6 Å². The molecule has 0 unspecified atom stereocenters. The fourth-order valence-corrected chi connectivity index (χ4v) is 4.56. The molecule has 0 saturated carbocycles. The molecule has 4 aromatic rings. The number of aromatic nitrogens is 3. The van der Waals surface area contributed by atoms with Crippen LogP contribution in [0.2, 0.25) is 0 Å². The van der Waals surface area contributed by atoms with Crippen molar-refractivity contribution in [2.24, 2.45) is 0 Å². The molecule has 15 heteroatoms. The number of anilines is 2. The summed E-state index contributed by atoms with van der Waals surface area (Å²) in [5.74, 6) is -4.23. The van der Waals surface area contributed by atoms with Gasteiger partial charge in [0.15, 0.2) is 11.6 Å². The Hall–Kier alpha value is -4.66. The van der Waals surface area contributed by atoms with Crippen LogP contribution in [0, 0.1) is 11.6 Å². The molecule has 46 heavy (non-hydrogen) atoms. The fourth-order valence-electron chi connectivity index (χ4n) is 4.56. The quantitative estimate of drug-likeness (QED) is 0.104. The number of unbranched alkanes of at least 4 members (excludes halogenated alkanes) is 1. The number of nitrogens with zero attached hydrogens (tertiary/aromatic N) is 3. The summed E-state index contributed by atoms with van der Waals surface area (Å²) in [5.41, 5.74) is 8.48. The summed E-state index contributed by atoms with van der Waals surface area (Å²) in [6.45, 7) is 6.08. The van der Waals surface area contributed by atoms with Crippen LogP contribution in [0.1, 0.15) is 39.2 Å². The lowest BCUT2D eigenvalue weighted by Crippen LogP contribution is -2.37. The van der Waals surface area contributed by atoms with E-state index in [1.54, 1.807) is 39.2 Å². The molecule has 0 aliphatic carbocycles. The minimum absolute atomic E-state index is 0.0686. The number of nitrogen functional groups attached to an aromatic ring is 1. The molecule has 2 aromatic carbocycles. The number of nitrogens with one attached hydrogen (secondary N) is 2. The number of hydrogen-bond acceptors (Lipinski definition) is 8. The minimum Gasteiger partial charge on any atom is -0.444 e. The van der Waals surface area contributed by atoms with Crippen LogP contribution in [0.3, 0.4) is 0 Å². The SMILES string of the molecule is CC(C)(C)OC(=O)N(CCCCOCCNc1cc(-c2ccnc(N)c2)cc2[nH]ncc12)Cc1cc(F)c(OC(F)(F)F)c(F)c1. The number of pyridine rings is 1. The maximum atomic E-state index is 14.3. The predicted octanol–water partition coefficient (Wildman–Crippen LogP) is 7.03. The lowest BCUT2D eigenvalue weighted by Gasteiger charge is -2.27. The number of rotatable bonds is 13. The van der Waals surface area contributed by atoms with Crippen LogP contribution in [0.5, 0.6) is 5.75 Å². The van der Waals surface area contributed by atoms with Gasteiger partial charge in [-0.2, -0.15) is 5.10 Å². The molecule has 248 valence electrons. The molecule has 10 nitrogen and oxygen atoms in total. The predicted molar refractivity (Wildman–Crippen MR) is 162 cm³/mol. The number of carbonyl (C=O) groups is 1. The van der Waals surface area contributed by atoms with Crippen molar-refractivity contribution in [1.82, 2.24) is 20.1 Å². The molecule has 0 aliphatic rings. The van der Waals surface area contributed by atoms with E-state index in [1.807, 2.05) is 18.2 Å². The standard InChI is InChI=1S/C31H35F5N6O4/c1-30(2,3)46-29(43)42(18-19-12-23(32)28(24(33)13-19)45-31(34,35)36)9-4-5-10-44-11-8-38-25-14-21(15-26-22(25)17-40-41-26)20-6-7-39-27(37)16-20/h6-7,12-17,38H,4-5,8-11,18H2,1-3H3,(H2,37,39)(H,40,41). The Labute approximate surface area is 262 Å². The van der Waals surface area contributed by atoms with Gasteiger partial charge in [-0.3, -0.25) is 5.10 Å². The number of benzene rings is 2. The van der Waals surface area contributed by atoms with Crippen LogP contribution in [0.4, 0.5) is 38.3 Å². The van der Waals surface area contributed by atoms with Crippen molar-refractivity contribution >= 4 is 28.5 Å². The van der Waals surface area contributed by atoms with Crippen molar-refractivity contribution in [3.05, 3.63) is 66.0 Å². The van der Waals surface area contributed by atoms with E-state index in [2.05, 4.69) is 25.2 Å². The molecule has 4 rings (SSSR count). The van der Waals surface area contributed by atoms with Gasteiger partial charge < -0.3 is 30.2 Å². The number of fused-ring (bicyclic) bond motifs is 1. The largest absolute Gasteiger partial charge is 0.573 e. The van der Waals surface area contributed by atoms with Gasteiger partial charge in [0.2, 0.25) is 5.75 Å². The highest BCUT2D eigenvalue weighted by atomic mass is 19.4. The molecule has 0 radical (unpaired) electrons. The lowest BCUT2D eigenvalue weighted by molar-refractivity contribution is -0.276. The first kappa shape index (κ1) is 34.2. The highest BCUT2D eigenvalue weighted by molar-refractivity contribution is 5.95. The first-order valence-corrected chi connectivity index (χ1v) is 14.4. The highest BCUT2D eigenvalue weighted by Gasteiger charge is 2.34. The summed E-state index contributed by atoms with van der Waals surface area (Å²) >= 11 is 0. The second-order valence-corrected chi connectivity index (χ2v) is 11.4. The second kappa shape index (κ2) is 14.6. The van der Waals surface area contributed by atoms with Crippen molar-refractivity contribution in [3.63, 3.8) is 0 Å². The molecule has 4 N–H and O–H groups in total. The van der Waals surface area contributed by atoms with E-state index >= 15 is 0 Å². The van der Waals surface area contributed by atoms with E-state index in [-0.39, 0.29) is 18.7 Å².